The number of benzene rings is 2. The minimum absolute atomic E-state index is 0.204. The van der Waals surface area contributed by atoms with Gasteiger partial charge in [0, 0.05) is 34.6 Å². The van der Waals surface area contributed by atoms with E-state index in [9.17, 15) is 0 Å². The molecule has 0 fully saturated rings. The maximum Gasteiger partial charge on any atom is 0.0708 e. The van der Waals surface area contributed by atoms with Crippen LogP contribution in [0.1, 0.15) is 23.6 Å². The van der Waals surface area contributed by atoms with E-state index in [2.05, 4.69) is 72.5 Å². The van der Waals surface area contributed by atoms with Crippen molar-refractivity contribution in [2.45, 2.75) is 12.3 Å². The molecule has 0 spiro atoms. The summed E-state index contributed by atoms with van der Waals surface area (Å²) in [5, 5.41) is 0.752. The van der Waals surface area contributed by atoms with Gasteiger partial charge in [0.1, 0.15) is 0 Å². The van der Waals surface area contributed by atoms with Gasteiger partial charge >= 0.3 is 0 Å². The second-order valence-corrected chi connectivity index (χ2v) is 8.40. The Morgan fingerprint density at radius 2 is 1.45 bits per heavy atom. The van der Waals surface area contributed by atoms with Gasteiger partial charge < -0.3 is 4.90 Å². The highest BCUT2D eigenvalue weighted by Crippen LogP contribution is 2.31. The maximum atomic E-state index is 6.13. The molecule has 0 aliphatic rings. The highest BCUT2D eigenvalue weighted by molar-refractivity contribution is 6.30. The second-order valence-electron chi connectivity index (χ2n) is 7.96. The summed E-state index contributed by atoms with van der Waals surface area (Å²) in [4.78, 5) is 11.5. The lowest BCUT2D eigenvalue weighted by atomic mass is 9.90. The van der Waals surface area contributed by atoms with E-state index in [-0.39, 0.29) is 5.92 Å². The van der Waals surface area contributed by atoms with Gasteiger partial charge in [-0.25, -0.2) is 0 Å². The molecule has 4 heteroatoms. The van der Waals surface area contributed by atoms with Gasteiger partial charge in [0.2, 0.25) is 0 Å². The monoisotopic (exact) mass is 427 g/mol. The Hall–Kier alpha value is -3.01. The summed E-state index contributed by atoms with van der Waals surface area (Å²) in [5.41, 5.74) is 6.67. The summed E-state index contributed by atoms with van der Waals surface area (Å²) in [6.45, 7) is 0.979. The second kappa shape index (κ2) is 9.86. The van der Waals surface area contributed by atoms with E-state index < -0.39 is 0 Å². The average molecular weight is 428 g/mol. The molecule has 1 unspecified atom stereocenters. The van der Waals surface area contributed by atoms with Crippen molar-refractivity contribution in [2.24, 2.45) is 0 Å². The number of rotatable bonds is 7. The van der Waals surface area contributed by atoms with E-state index in [1.165, 1.54) is 5.56 Å². The van der Waals surface area contributed by atoms with E-state index in [4.69, 9.17) is 16.6 Å². The smallest absolute Gasteiger partial charge is 0.0708 e. The Kier molecular flexibility index (Phi) is 6.76. The summed E-state index contributed by atoms with van der Waals surface area (Å²) in [7, 11) is 4.20. The normalized spacial score (nSPS) is 12.1. The Morgan fingerprint density at radius 1 is 0.774 bits per heavy atom. The number of nitrogens with zero attached hydrogens (tertiary/aromatic N) is 3. The molecule has 2 heterocycles. The fraction of sp³-hybridized carbons (Fsp3) is 0.185. The Balaban J connectivity index is 1.69. The number of hydrogen-bond acceptors (Lipinski definition) is 3. The fourth-order valence-corrected chi connectivity index (χ4v) is 3.89. The first-order valence-electron chi connectivity index (χ1n) is 10.5. The molecule has 31 heavy (non-hydrogen) atoms. The van der Waals surface area contributed by atoms with Gasteiger partial charge in [0.25, 0.3) is 0 Å². The van der Waals surface area contributed by atoms with Crippen molar-refractivity contribution >= 4 is 11.6 Å². The first-order chi connectivity index (χ1) is 15.1. The SMILES string of the molecule is CN(C)CCC(c1ccc(Cl)cc1)c1cc(-c2ccnc(-c3ccccc3)c2)ccn1. The standard InChI is InChI=1S/C27H26ClN3/c1-31(2)17-14-25(20-8-10-24(28)11-9-20)27-19-23(13-16-30-27)22-12-15-29-26(18-22)21-6-4-3-5-7-21/h3-13,15-16,18-19,25H,14,17H2,1-2H3. The molecule has 0 saturated heterocycles. The van der Waals surface area contributed by atoms with Gasteiger partial charge in [-0.15, -0.1) is 0 Å². The molecular formula is C27H26ClN3. The van der Waals surface area contributed by atoms with Crippen LogP contribution < -0.4 is 0 Å². The van der Waals surface area contributed by atoms with Crippen LogP contribution >= 0.6 is 11.6 Å². The third-order valence-corrected chi connectivity index (χ3v) is 5.69. The topological polar surface area (TPSA) is 29.0 Å². The summed E-state index contributed by atoms with van der Waals surface area (Å²) >= 11 is 6.13. The van der Waals surface area contributed by atoms with E-state index >= 15 is 0 Å². The third kappa shape index (κ3) is 5.38. The molecule has 2 aromatic carbocycles. The lowest BCUT2D eigenvalue weighted by molar-refractivity contribution is 0.389. The van der Waals surface area contributed by atoms with Crippen molar-refractivity contribution in [1.82, 2.24) is 14.9 Å². The molecule has 4 rings (SSSR count). The van der Waals surface area contributed by atoms with Crippen molar-refractivity contribution < 1.29 is 0 Å². The van der Waals surface area contributed by atoms with Gasteiger partial charge in [-0.2, -0.15) is 0 Å². The zero-order chi connectivity index (χ0) is 21.6. The number of pyridine rings is 2. The summed E-state index contributed by atoms with van der Waals surface area (Å²) in [6.07, 6.45) is 4.77. The molecule has 156 valence electrons. The maximum absolute atomic E-state index is 6.13. The van der Waals surface area contributed by atoms with Gasteiger partial charge in [-0.1, -0.05) is 54.1 Å². The first kappa shape index (κ1) is 21.2. The molecule has 0 N–H and O–H groups in total. The zero-order valence-corrected chi connectivity index (χ0v) is 18.6. The van der Waals surface area contributed by atoms with Crippen molar-refractivity contribution in [3.8, 4) is 22.4 Å². The van der Waals surface area contributed by atoms with Gasteiger partial charge in [0.05, 0.1) is 5.69 Å². The number of hydrogen-bond donors (Lipinski definition) is 0. The summed E-state index contributed by atoms with van der Waals surface area (Å²) < 4.78 is 0. The van der Waals surface area contributed by atoms with Crippen molar-refractivity contribution in [1.29, 1.82) is 0 Å². The van der Waals surface area contributed by atoms with Gasteiger partial charge in [-0.05, 0) is 80.1 Å². The van der Waals surface area contributed by atoms with Crippen LogP contribution in [-0.2, 0) is 0 Å². The quantitative estimate of drug-likeness (QED) is 0.335. The molecule has 0 saturated carbocycles. The van der Waals surface area contributed by atoms with Gasteiger partial charge in [-0.3, -0.25) is 9.97 Å². The lowest BCUT2D eigenvalue weighted by Gasteiger charge is -2.20. The molecular weight excluding hydrogens is 402 g/mol. The molecule has 0 aliphatic carbocycles. The van der Waals surface area contributed by atoms with Crippen LogP contribution in [0.2, 0.25) is 5.02 Å². The minimum atomic E-state index is 0.204. The lowest BCUT2D eigenvalue weighted by Crippen LogP contribution is -2.17. The van der Waals surface area contributed by atoms with Crippen LogP contribution in [0.25, 0.3) is 22.4 Å². The molecule has 4 aromatic rings. The van der Waals surface area contributed by atoms with E-state index in [1.807, 2.05) is 42.7 Å². The molecule has 0 radical (unpaired) electrons. The Morgan fingerprint density at radius 3 is 2.16 bits per heavy atom. The minimum Gasteiger partial charge on any atom is -0.309 e. The van der Waals surface area contributed by atoms with E-state index in [1.54, 1.807) is 0 Å². The van der Waals surface area contributed by atoms with Crippen molar-refractivity contribution in [3.63, 3.8) is 0 Å². The Labute approximate surface area is 189 Å². The van der Waals surface area contributed by atoms with E-state index in [0.29, 0.717) is 0 Å². The Bertz CT molecular complexity index is 1120. The largest absolute Gasteiger partial charge is 0.309 e. The molecule has 0 aliphatic heterocycles. The van der Waals surface area contributed by atoms with Crippen LogP contribution in [-0.4, -0.2) is 35.5 Å². The van der Waals surface area contributed by atoms with E-state index in [0.717, 1.165) is 46.1 Å². The third-order valence-electron chi connectivity index (χ3n) is 5.44. The average Bonchev–Trinajstić information content (AvgIpc) is 2.81. The van der Waals surface area contributed by atoms with Crippen LogP contribution in [0.5, 0.6) is 0 Å². The predicted octanol–water partition coefficient (Wildman–Crippen LogP) is 6.55. The summed E-state index contributed by atoms with van der Waals surface area (Å²) in [6, 6.07) is 26.9. The molecule has 0 amide bonds. The van der Waals surface area contributed by atoms with Crippen LogP contribution in [0.4, 0.5) is 0 Å². The molecule has 0 bridgehead atoms. The highest BCUT2D eigenvalue weighted by Gasteiger charge is 2.17. The van der Waals surface area contributed by atoms with Crippen molar-refractivity contribution in [2.75, 3.05) is 20.6 Å². The molecule has 1 atom stereocenters. The zero-order valence-electron chi connectivity index (χ0n) is 17.9. The fourth-order valence-electron chi connectivity index (χ4n) is 3.76. The number of halogens is 1. The number of aromatic nitrogens is 2. The van der Waals surface area contributed by atoms with Crippen molar-refractivity contribution in [3.05, 3.63) is 108 Å². The van der Waals surface area contributed by atoms with Crippen LogP contribution in [0.15, 0.2) is 91.3 Å². The summed E-state index contributed by atoms with van der Waals surface area (Å²) in [5.74, 6) is 0.204. The molecule has 3 nitrogen and oxygen atoms in total. The van der Waals surface area contributed by atoms with Gasteiger partial charge in [0.15, 0.2) is 0 Å². The van der Waals surface area contributed by atoms with Crippen LogP contribution in [0, 0.1) is 0 Å². The highest BCUT2D eigenvalue weighted by atomic mass is 35.5. The first-order valence-corrected chi connectivity index (χ1v) is 10.9. The van der Waals surface area contributed by atoms with Crippen LogP contribution in [0.3, 0.4) is 0 Å². The molecule has 2 aromatic heterocycles. The predicted molar refractivity (Wildman–Crippen MR) is 129 cm³/mol.